The first-order valence-electron chi connectivity index (χ1n) is 6.83. The lowest BCUT2D eigenvalue weighted by Crippen LogP contribution is -2.45. The SMILES string of the molecule is CC(NC(=O)N1CCCC1)C1CCCCC1. The molecule has 0 aromatic heterocycles. The molecule has 0 aromatic carbocycles. The van der Waals surface area contributed by atoms with E-state index in [-0.39, 0.29) is 6.03 Å². The second-order valence-corrected chi connectivity index (χ2v) is 5.33. The van der Waals surface area contributed by atoms with Crippen LogP contribution in [0.4, 0.5) is 4.79 Å². The van der Waals surface area contributed by atoms with Crippen molar-refractivity contribution in [1.82, 2.24) is 10.2 Å². The van der Waals surface area contributed by atoms with Crippen molar-refractivity contribution < 1.29 is 4.79 Å². The molecule has 2 fully saturated rings. The van der Waals surface area contributed by atoms with E-state index in [0.717, 1.165) is 13.1 Å². The fraction of sp³-hybridized carbons (Fsp3) is 0.923. The van der Waals surface area contributed by atoms with Crippen molar-refractivity contribution in [3.8, 4) is 0 Å². The van der Waals surface area contributed by atoms with Crippen LogP contribution in [0.2, 0.25) is 0 Å². The van der Waals surface area contributed by atoms with Crippen molar-refractivity contribution in [3.63, 3.8) is 0 Å². The summed E-state index contributed by atoms with van der Waals surface area (Å²) < 4.78 is 0. The lowest BCUT2D eigenvalue weighted by atomic mass is 9.84. The third kappa shape index (κ3) is 2.89. The van der Waals surface area contributed by atoms with Crippen molar-refractivity contribution in [2.24, 2.45) is 5.92 Å². The highest BCUT2D eigenvalue weighted by molar-refractivity contribution is 5.74. The van der Waals surface area contributed by atoms with E-state index in [1.807, 2.05) is 4.90 Å². The van der Waals surface area contributed by atoms with Gasteiger partial charge in [0, 0.05) is 19.1 Å². The maximum atomic E-state index is 11.9. The Labute approximate surface area is 98.6 Å². The van der Waals surface area contributed by atoms with Crippen LogP contribution in [0.25, 0.3) is 0 Å². The second kappa shape index (κ2) is 5.55. The van der Waals surface area contributed by atoms with Crippen LogP contribution in [0.1, 0.15) is 51.9 Å². The van der Waals surface area contributed by atoms with Gasteiger partial charge in [-0.15, -0.1) is 0 Å². The molecule has 2 rings (SSSR count). The molecule has 92 valence electrons. The van der Waals surface area contributed by atoms with Gasteiger partial charge in [0.05, 0.1) is 0 Å². The van der Waals surface area contributed by atoms with Crippen molar-refractivity contribution in [2.75, 3.05) is 13.1 Å². The van der Waals surface area contributed by atoms with E-state index < -0.39 is 0 Å². The largest absolute Gasteiger partial charge is 0.335 e. The zero-order valence-electron chi connectivity index (χ0n) is 10.4. The summed E-state index contributed by atoms with van der Waals surface area (Å²) in [7, 11) is 0. The first-order valence-corrected chi connectivity index (χ1v) is 6.83. The molecule has 3 nitrogen and oxygen atoms in total. The summed E-state index contributed by atoms with van der Waals surface area (Å²) in [6, 6.07) is 0.518. The first kappa shape index (κ1) is 11.7. The summed E-state index contributed by atoms with van der Waals surface area (Å²) in [5.74, 6) is 0.709. The molecule has 2 aliphatic rings. The maximum Gasteiger partial charge on any atom is 0.317 e. The number of urea groups is 1. The molecule has 1 atom stereocenters. The van der Waals surface area contributed by atoms with Gasteiger partial charge >= 0.3 is 6.03 Å². The van der Waals surface area contributed by atoms with Gasteiger partial charge in [0.1, 0.15) is 0 Å². The molecular formula is C13H24N2O. The highest BCUT2D eigenvalue weighted by Gasteiger charge is 2.24. The van der Waals surface area contributed by atoms with Gasteiger partial charge in [0.15, 0.2) is 0 Å². The van der Waals surface area contributed by atoms with Crippen LogP contribution in [0, 0.1) is 5.92 Å². The molecule has 1 saturated carbocycles. The lowest BCUT2D eigenvalue weighted by molar-refractivity contribution is 0.195. The van der Waals surface area contributed by atoms with Gasteiger partial charge in [-0.3, -0.25) is 0 Å². The van der Waals surface area contributed by atoms with Gasteiger partial charge < -0.3 is 10.2 Å². The third-order valence-corrected chi connectivity index (χ3v) is 4.10. The highest BCUT2D eigenvalue weighted by Crippen LogP contribution is 2.26. The molecular weight excluding hydrogens is 200 g/mol. The number of hydrogen-bond acceptors (Lipinski definition) is 1. The summed E-state index contributed by atoms with van der Waals surface area (Å²) in [5.41, 5.74) is 0. The van der Waals surface area contributed by atoms with Gasteiger partial charge in [-0.25, -0.2) is 4.79 Å². The molecule has 1 heterocycles. The van der Waals surface area contributed by atoms with Crippen LogP contribution in [0.3, 0.4) is 0 Å². The summed E-state index contributed by atoms with van der Waals surface area (Å²) in [6.45, 7) is 4.07. The monoisotopic (exact) mass is 224 g/mol. The van der Waals surface area contributed by atoms with E-state index in [1.54, 1.807) is 0 Å². The highest BCUT2D eigenvalue weighted by atomic mass is 16.2. The second-order valence-electron chi connectivity index (χ2n) is 5.33. The Morgan fingerprint density at radius 3 is 2.38 bits per heavy atom. The van der Waals surface area contributed by atoms with Crippen LogP contribution in [-0.4, -0.2) is 30.1 Å². The molecule has 0 bridgehead atoms. The Bertz CT molecular complexity index is 230. The molecule has 1 N–H and O–H groups in total. The minimum atomic E-state index is 0.163. The molecule has 0 radical (unpaired) electrons. The van der Waals surface area contributed by atoms with E-state index in [4.69, 9.17) is 0 Å². The number of hydrogen-bond donors (Lipinski definition) is 1. The summed E-state index contributed by atoms with van der Waals surface area (Å²) in [5, 5.41) is 3.18. The lowest BCUT2D eigenvalue weighted by Gasteiger charge is -2.29. The number of amides is 2. The Hall–Kier alpha value is -0.730. The molecule has 1 aliphatic carbocycles. The summed E-state index contributed by atoms with van der Waals surface area (Å²) >= 11 is 0. The average molecular weight is 224 g/mol. The molecule has 1 saturated heterocycles. The summed E-state index contributed by atoms with van der Waals surface area (Å²) in [4.78, 5) is 13.9. The molecule has 2 amide bonds. The molecule has 1 unspecified atom stereocenters. The number of nitrogens with zero attached hydrogens (tertiary/aromatic N) is 1. The fourth-order valence-corrected chi connectivity index (χ4v) is 2.96. The van der Waals surface area contributed by atoms with Gasteiger partial charge in [0.25, 0.3) is 0 Å². The molecule has 0 aromatic rings. The normalized spacial score (nSPS) is 24.4. The Morgan fingerprint density at radius 1 is 1.12 bits per heavy atom. The predicted octanol–water partition coefficient (Wildman–Crippen LogP) is 2.76. The summed E-state index contributed by atoms with van der Waals surface area (Å²) in [6.07, 6.45) is 8.99. The number of rotatable bonds is 2. The maximum absolute atomic E-state index is 11.9. The van der Waals surface area contributed by atoms with E-state index in [1.165, 1.54) is 44.9 Å². The Kier molecular flexibility index (Phi) is 4.08. The fourth-order valence-electron chi connectivity index (χ4n) is 2.96. The topological polar surface area (TPSA) is 32.3 Å². The minimum absolute atomic E-state index is 0.163. The third-order valence-electron chi connectivity index (χ3n) is 4.10. The van der Waals surface area contributed by atoms with E-state index in [9.17, 15) is 4.79 Å². The molecule has 16 heavy (non-hydrogen) atoms. The molecule has 3 heteroatoms. The quantitative estimate of drug-likeness (QED) is 0.768. The van der Waals surface area contributed by atoms with Gasteiger partial charge in [-0.1, -0.05) is 19.3 Å². The number of carbonyl (C=O) groups is 1. The molecule has 1 aliphatic heterocycles. The van der Waals surface area contributed by atoms with E-state index in [2.05, 4.69) is 12.2 Å². The van der Waals surface area contributed by atoms with Crippen LogP contribution >= 0.6 is 0 Å². The van der Waals surface area contributed by atoms with E-state index >= 15 is 0 Å². The minimum Gasteiger partial charge on any atom is -0.335 e. The predicted molar refractivity (Wildman–Crippen MR) is 65.4 cm³/mol. The first-order chi connectivity index (χ1) is 7.77. The zero-order chi connectivity index (χ0) is 11.4. The van der Waals surface area contributed by atoms with Crippen molar-refractivity contribution in [2.45, 2.75) is 57.9 Å². The van der Waals surface area contributed by atoms with Gasteiger partial charge in [-0.2, -0.15) is 0 Å². The Morgan fingerprint density at radius 2 is 1.75 bits per heavy atom. The van der Waals surface area contributed by atoms with Gasteiger partial charge in [0.2, 0.25) is 0 Å². The van der Waals surface area contributed by atoms with Gasteiger partial charge in [-0.05, 0) is 38.5 Å². The van der Waals surface area contributed by atoms with E-state index in [0.29, 0.717) is 12.0 Å². The number of nitrogens with one attached hydrogen (secondary N) is 1. The van der Waals surface area contributed by atoms with Crippen LogP contribution in [0.5, 0.6) is 0 Å². The standard InChI is InChI=1S/C13H24N2O/c1-11(12-7-3-2-4-8-12)14-13(16)15-9-5-6-10-15/h11-12H,2-10H2,1H3,(H,14,16). The van der Waals surface area contributed by atoms with Crippen molar-refractivity contribution in [3.05, 3.63) is 0 Å². The van der Waals surface area contributed by atoms with Crippen molar-refractivity contribution >= 4 is 6.03 Å². The smallest absolute Gasteiger partial charge is 0.317 e. The van der Waals surface area contributed by atoms with Crippen LogP contribution in [0.15, 0.2) is 0 Å². The zero-order valence-corrected chi connectivity index (χ0v) is 10.4. The average Bonchev–Trinajstić information content (AvgIpc) is 2.83. The van der Waals surface area contributed by atoms with Crippen LogP contribution in [-0.2, 0) is 0 Å². The molecule has 0 spiro atoms. The number of likely N-dealkylation sites (tertiary alicyclic amines) is 1. The Balaban J connectivity index is 1.76. The number of carbonyl (C=O) groups excluding carboxylic acids is 1. The van der Waals surface area contributed by atoms with Crippen molar-refractivity contribution in [1.29, 1.82) is 0 Å². The van der Waals surface area contributed by atoms with Crippen LogP contribution < -0.4 is 5.32 Å².